The number of pyridine rings is 1. The van der Waals surface area contributed by atoms with E-state index in [4.69, 9.17) is 9.15 Å². The van der Waals surface area contributed by atoms with Crippen LogP contribution in [0.3, 0.4) is 0 Å². The first kappa shape index (κ1) is 20.5. The van der Waals surface area contributed by atoms with E-state index in [-0.39, 0.29) is 12.3 Å². The Morgan fingerprint density at radius 3 is 2.77 bits per heavy atom. The zero-order valence-electron chi connectivity index (χ0n) is 16.9. The minimum Gasteiger partial charge on any atom is -0.487 e. The van der Waals surface area contributed by atoms with Gasteiger partial charge in [0.1, 0.15) is 30.1 Å². The predicted molar refractivity (Wildman–Crippen MR) is 113 cm³/mol. The molecular weight excluding hydrogens is 397 g/mol. The molecule has 1 aromatic carbocycles. The lowest BCUT2D eigenvalue weighted by atomic mass is 10.1. The Labute approximate surface area is 179 Å². The van der Waals surface area contributed by atoms with Crippen LogP contribution in [0.2, 0.25) is 0 Å². The van der Waals surface area contributed by atoms with Gasteiger partial charge >= 0.3 is 0 Å². The van der Waals surface area contributed by atoms with Crippen LogP contribution < -0.4 is 4.74 Å². The van der Waals surface area contributed by atoms with Crippen molar-refractivity contribution in [1.82, 2.24) is 25.0 Å². The molecule has 7 nitrogen and oxygen atoms in total. The molecule has 0 saturated carbocycles. The van der Waals surface area contributed by atoms with Gasteiger partial charge in [0.05, 0.1) is 11.9 Å². The van der Waals surface area contributed by atoms with Gasteiger partial charge in [0.2, 0.25) is 5.89 Å². The Balaban J connectivity index is 1.22. The molecule has 0 spiro atoms. The first-order chi connectivity index (χ1) is 15.3. The average Bonchev–Trinajstić information content (AvgIpc) is 3.48. The number of aromatic nitrogens is 5. The number of hydrogen-bond donors (Lipinski definition) is 0. The number of nitrogens with zero attached hydrogens (tertiary/aromatic N) is 5. The van der Waals surface area contributed by atoms with Crippen molar-refractivity contribution in [1.29, 1.82) is 0 Å². The van der Waals surface area contributed by atoms with E-state index in [1.165, 1.54) is 30.2 Å². The van der Waals surface area contributed by atoms with Gasteiger partial charge in [-0.25, -0.2) is 9.37 Å². The highest BCUT2D eigenvalue weighted by Crippen LogP contribution is 2.16. The van der Waals surface area contributed by atoms with Crippen molar-refractivity contribution >= 4 is 12.2 Å². The van der Waals surface area contributed by atoms with E-state index in [1.54, 1.807) is 18.3 Å². The van der Waals surface area contributed by atoms with E-state index < -0.39 is 5.82 Å². The molecule has 3 aromatic heterocycles. The summed E-state index contributed by atoms with van der Waals surface area (Å²) in [6, 6.07) is 11.0. The number of oxazole rings is 1. The Morgan fingerprint density at radius 1 is 1.06 bits per heavy atom. The fourth-order valence-electron chi connectivity index (χ4n) is 3.00. The van der Waals surface area contributed by atoms with Gasteiger partial charge in [0.25, 0.3) is 0 Å². The van der Waals surface area contributed by atoms with Crippen LogP contribution >= 0.6 is 0 Å². The van der Waals surface area contributed by atoms with Gasteiger partial charge in [-0.05, 0) is 55.2 Å². The second-order valence-electron chi connectivity index (χ2n) is 6.94. The van der Waals surface area contributed by atoms with E-state index in [1.807, 2.05) is 23.0 Å². The fourth-order valence-corrected chi connectivity index (χ4v) is 3.00. The molecule has 31 heavy (non-hydrogen) atoms. The van der Waals surface area contributed by atoms with E-state index in [9.17, 15) is 4.39 Å². The van der Waals surface area contributed by atoms with Gasteiger partial charge in [-0.15, -0.1) is 5.10 Å². The maximum Gasteiger partial charge on any atom is 0.218 e. The lowest BCUT2D eigenvalue weighted by molar-refractivity contribution is 0.301. The van der Waals surface area contributed by atoms with Crippen LogP contribution in [0.4, 0.5) is 4.39 Å². The number of halogens is 1. The predicted octanol–water partition coefficient (Wildman–Crippen LogP) is 4.57. The molecule has 158 valence electrons. The highest BCUT2D eigenvalue weighted by molar-refractivity contribution is 5.64. The van der Waals surface area contributed by atoms with Crippen LogP contribution in [-0.2, 0) is 19.6 Å². The van der Waals surface area contributed by atoms with Crippen molar-refractivity contribution in [2.45, 2.75) is 32.4 Å². The summed E-state index contributed by atoms with van der Waals surface area (Å²) >= 11 is 0. The Kier molecular flexibility index (Phi) is 6.79. The van der Waals surface area contributed by atoms with Crippen LogP contribution in [0, 0.1) is 5.82 Å². The van der Waals surface area contributed by atoms with E-state index in [0.29, 0.717) is 11.6 Å². The minimum atomic E-state index is -0.396. The molecule has 0 aliphatic heterocycles. The Bertz CT molecular complexity index is 1110. The molecule has 0 saturated heterocycles. The first-order valence-electron chi connectivity index (χ1n) is 10.0. The van der Waals surface area contributed by atoms with Crippen LogP contribution in [0.1, 0.15) is 35.7 Å². The maximum absolute atomic E-state index is 13.6. The minimum absolute atomic E-state index is 0.233. The highest BCUT2D eigenvalue weighted by Gasteiger charge is 2.04. The van der Waals surface area contributed by atoms with Gasteiger partial charge in [0, 0.05) is 25.0 Å². The van der Waals surface area contributed by atoms with Gasteiger partial charge in [0.15, 0.2) is 0 Å². The molecule has 4 rings (SSSR count). The van der Waals surface area contributed by atoms with Crippen LogP contribution in [0.15, 0.2) is 65.7 Å². The smallest absolute Gasteiger partial charge is 0.218 e. The number of aryl methyl sites for hydroxylation is 2. The molecule has 4 aromatic rings. The van der Waals surface area contributed by atoms with Gasteiger partial charge in [-0.3, -0.25) is 9.67 Å². The maximum atomic E-state index is 13.6. The number of ether oxygens (including phenoxy) is 1. The first-order valence-corrected chi connectivity index (χ1v) is 10.0. The number of unbranched alkanes of at least 4 members (excludes halogenated alkanes) is 1. The second kappa shape index (κ2) is 10.3. The number of hydrogen-bond acceptors (Lipinski definition) is 6. The summed E-state index contributed by atoms with van der Waals surface area (Å²) in [6.07, 6.45) is 12.9. The molecule has 0 aliphatic rings. The van der Waals surface area contributed by atoms with Crippen molar-refractivity contribution in [3.8, 4) is 5.75 Å². The molecule has 3 heterocycles. The van der Waals surface area contributed by atoms with Crippen molar-refractivity contribution < 1.29 is 13.5 Å². The standard InChI is InChI=1S/C23H22FN5O2/c24-21-5-3-12-25-22(21)10-11-23-27-19(17-31-23)16-30-20-8-6-18(7-9-20)4-1-2-14-29-15-13-26-28-29/h3,5-13,15,17H,1-2,4,14,16H2. The summed E-state index contributed by atoms with van der Waals surface area (Å²) in [6.45, 7) is 1.17. The monoisotopic (exact) mass is 419 g/mol. The fraction of sp³-hybridized carbons (Fsp3) is 0.217. The third-order valence-corrected chi connectivity index (χ3v) is 4.62. The Hall–Kier alpha value is -3.81. The number of benzene rings is 1. The van der Waals surface area contributed by atoms with Crippen molar-refractivity contribution in [2.75, 3.05) is 0 Å². The highest BCUT2D eigenvalue weighted by atomic mass is 19.1. The topological polar surface area (TPSA) is 78.9 Å². The SMILES string of the molecule is Fc1cccnc1C=Cc1nc(COc2ccc(CCCCn3ccnn3)cc2)co1. The summed E-state index contributed by atoms with van der Waals surface area (Å²) in [7, 11) is 0. The van der Waals surface area contributed by atoms with Crippen LogP contribution in [0.25, 0.3) is 12.2 Å². The van der Waals surface area contributed by atoms with Crippen molar-refractivity contribution in [3.63, 3.8) is 0 Å². The molecule has 8 heteroatoms. The van der Waals surface area contributed by atoms with Crippen molar-refractivity contribution in [2.24, 2.45) is 0 Å². The lowest BCUT2D eigenvalue weighted by Gasteiger charge is -2.06. The molecule has 0 bridgehead atoms. The molecule has 0 amide bonds. The third-order valence-electron chi connectivity index (χ3n) is 4.62. The van der Waals surface area contributed by atoms with E-state index >= 15 is 0 Å². The molecular formula is C23H22FN5O2. The average molecular weight is 419 g/mol. The van der Waals surface area contributed by atoms with E-state index in [0.717, 1.165) is 31.6 Å². The summed E-state index contributed by atoms with van der Waals surface area (Å²) in [5.74, 6) is 0.736. The zero-order valence-corrected chi connectivity index (χ0v) is 16.9. The van der Waals surface area contributed by atoms with E-state index in [2.05, 4.69) is 32.4 Å². The second-order valence-corrected chi connectivity index (χ2v) is 6.94. The molecule has 0 N–H and O–H groups in total. The van der Waals surface area contributed by atoms with Crippen molar-refractivity contribution in [3.05, 3.63) is 89.9 Å². The number of rotatable bonds is 10. The largest absolute Gasteiger partial charge is 0.487 e. The van der Waals surface area contributed by atoms with Crippen LogP contribution in [0.5, 0.6) is 5.75 Å². The normalized spacial score (nSPS) is 11.3. The molecule has 0 atom stereocenters. The Morgan fingerprint density at radius 2 is 1.97 bits per heavy atom. The summed E-state index contributed by atoms with van der Waals surface area (Å²) in [5, 5.41) is 7.77. The van der Waals surface area contributed by atoms with Gasteiger partial charge in [-0.2, -0.15) is 0 Å². The van der Waals surface area contributed by atoms with Crippen LogP contribution in [-0.4, -0.2) is 25.0 Å². The summed E-state index contributed by atoms with van der Waals surface area (Å²) in [4.78, 5) is 8.27. The third kappa shape index (κ3) is 6.08. The molecule has 0 radical (unpaired) electrons. The molecule has 0 aliphatic carbocycles. The lowest BCUT2D eigenvalue weighted by Crippen LogP contribution is -1.99. The summed E-state index contributed by atoms with van der Waals surface area (Å²) in [5.41, 5.74) is 2.15. The summed E-state index contributed by atoms with van der Waals surface area (Å²) < 4.78 is 26.6. The van der Waals surface area contributed by atoms with Gasteiger partial charge < -0.3 is 9.15 Å². The quantitative estimate of drug-likeness (QED) is 0.350. The van der Waals surface area contributed by atoms with Gasteiger partial charge in [-0.1, -0.05) is 17.3 Å². The molecule has 0 fully saturated rings. The molecule has 0 unspecified atom stereocenters. The zero-order chi connectivity index (χ0) is 21.3.